The molecule has 16 heavy (non-hydrogen) atoms. The highest BCUT2D eigenvalue weighted by molar-refractivity contribution is 5.80. The summed E-state index contributed by atoms with van der Waals surface area (Å²) in [4.78, 5) is 11.0. The van der Waals surface area contributed by atoms with Crippen LogP contribution in [-0.2, 0) is 11.2 Å². The van der Waals surface area contributed by atoms with E-state index < -0.39 is 5.92 Å². The van der Waals surface area contributed by atoms with Crippen molar-refractivity contribution < 1.29 is 4.79 Å². The first-order chi connectivity index (χ1) is 7.74. The van der Waals surface area contributed by atoms with E-state index in [-0.39, 0.29) is 5.78 Å². The van der Waals surface area contributed by atoms with Crippen molar-refractivity contribution in [1.29, 1.82) is 5.26 Å². The zero-order valence-corrected chi connectivity index (χ0v) is 9.65. The Bertz CT molecular complexity index is 364. The van der Waals surface area contributed by atoms with Crippen LogP contribution in [0.2, 0.25) is 0 Å². The van der Waals surface area contributed by atoms with Gasteiger partial charge in [-0.1, -0.05) is 36.8 Å². The van der Waals surface area contributed by atoms with E-state index in [1.54, 1.807) is 0 Å². The molecule has 0 aliphatic carbocycles. The molecule has 2 nitrogen and oxygen atoms in total. The van der Waals surface area contributed by atoms with Crippen molar-refractivity contribution in [1.82, 2.24) is 0 Å². The van der Waals surface area contributed by atoms with E-state index in [0.29, 0.717) is 6.42 Å². The van der Waals surface area contributed by atoms with Gasteiger partial charge in [0.1, 0.15) is 11.7 Å². The van der Waals surface area contributed by atoms with Gasteiger partial charge in [0.25, 0.3) is 0 Å². The van der Waals surface area contributed by atoms with Crippen molar-refractivity contribution in [3.05, 3.63) is 35.9 Å². The van der Waals surface area contributed by atoms with Crippen molar-refractivity contribution in [2.24, 2.45) is 5.92 Å². The molecule has 0 aromatic heterocycles. The van der Waals surface area contributed by atoms with E-state index in [0.717, 1.165) is 19.3 Å². The van der Waals surface area contributed by atoms with Crippen LogP contribution in [0.5, 0.6) is 0 Å². The highest BCUT2D eigenvalue weighted by Gasteiger charge is 2.11. The average Bonchev–Trinajstić information content (AvgIpc) is 2.30. The van der Waals surface area contributed by atoms with Gasteiger partial charge in [0, 0.05) is 0 Å². The summed E-state index contributed by atoms with van der Waals surface area (Å²) >= 11 is 0. The third kappa shape index (κ3) is 4.27. The first-order valence-corrected chi connectivity index (χ1v) is 5.68. The van der Waals surface area contributed by atoms with Crippen LogP contribution in [0.3, 0.4) is 0 Å². The van der Waals surface area contributed by atoms with Crippen LogP contribution in [0.25, 0.3) is 0 Å². The van der Waals surface area contributed by atoms with Crippen molar-refractivity contribution in [2.75, 3.05) is 0 Å². The number of benzene rings is 1. The fourth-order valence-electron chi connectivity index (χ4n) is 1.68. The van der Waals surface area contributed by atoms with E-state index in [1.165, 1.54) is 12.5 Å². The first-order valence-electron chi connectivity index (χ1n) is 5.68. The topological polar surface area (TPSA) is 40.9 Å². The minimum Gasteiger partial charge on any atom is -0.299 e. The van der Waals surface area contributed by atoms with Crippen molar-refractivity contribution in [3.63, 3.8) is 0 Å². The molecule has 0 radical (unpaired) electrons. The second kappa shape index (κ2) is 6.79. The van der Waals surface area contributed by atoms with E-state index in [4.69, 9.17) is 5.26 Å². The lowest BCUT2D eigenvalue weighted by Gasteiger charge is -2.04. The van der Waals surface area contributed by atoms with Gasteiger partial charge < -0.3 is 0 Å². The van der Waals surface area contributed by atoms with Crippen LogP contribution >= 0.6 is 0 Å². The molecule has 0 aliphatic heterocycles. The van der Waals surface area contributed by atoms with Crippen molar-refractivity contribution in [3.8, 4) is 6.07 Å². The maximum atomic E-state index is 11.0. The second-order valence-electron chi connectivity index (χ2n) is 4.02. The number of aryl methyl sites for hydroxylation is 1. The predicted octanol–water partition coefficient (Wildman–Crippen LogP) is 3.13. The van der Waals surface area contributed by atoms with Gasteiger partial charge in [0.05, 0.1) is 6.07 Å². The summed E-state index contributed by atoms with van der Waals surface area (Å²) in [6.07, 6.45) is 3.69. The van der Waals surface area contributed by atoms with Gasteiger partial charge in [-0.25, -0.2) is 0 Å². The van der Waals surface area contributed by atoms with E-state index in [1.807, 2.05) is 18.2 Å². The summed E-state index contributed by atoms with van der Waals surface area (Å²) in [7, 11) is 0. The highest BCUT2D eigenvalue weighted by Crippen LogP contribution is 2.11. The Morgan fingerprint density at radius 3 is 2.56 bits per heavy atom. The Kier molecular flexibility index (Phi) is 5.28. The fraction of sp³-hybridized carbons (Fsp3) is 0.429. The molecule has 0 amide bonds. The maximum absolute atomic E-state index is 11.0. The van der Waals surface area contributed by atoms with E-state index in [2.05, 4.69) is 18.2 Å². The number of Topliss-reactive ketones (excluding diaryl/α,β-unsaturated/α-hetero) is 1. The number of hydrogen-bond donors (Lipinski definition) is 0. The van der Waals surface area contributed by atoms with Gasteiger partial charge in [-0.3, -0.25) is 4.79 Å². The molecule has 0 saturated heterocycles. The van der Waals surface area contributed by atoms with Crippen LogP contribution in [0, 0.1) is 17.2 Å². The smallest absolute Gasteiger partial charge is 0.146 e. The molecule has 0 fully saturated rings. The number of carbonyl (C=O) groups excluding carboxylic acids is 1. The molecule has 1 unspecified atom stereocenters. The SMILES string of the molecule is CC(=O)C(C#N)CCCCc1ccccc1. The summed E-state index contributed by atoms with van der Waals surface area (Å²) in [6, 6.07) is 12.3. The largest absolute Gasteiger partial charge is 0.299 e. The number of hydrogen-bond acceptors (Lipinski definition) is 2. The van der Waals surface area contributed by atoms with Gasteiger partial charge in [0.2, 0.25) is 0 Å². The number of carbonyl (C=O) groups is 1. The molecule has 2 heteroatoms. The molecule has 84 valence electrons. The minimum atomic E-state index is -0.407. The zero-order valence-electron chi connectivity index (χ0n) is 9.65. The third-order valence-electron chi connectivity index (χ3n) is 2.70. The van der Waals surface area contributed by atoms with Crippen LogP contribution in [0.4, 0.5) is 0 Å². The standard InChI is InChI=1S/C14H17NO/c1-12(16)14(11-15)10-6-5-9-13-7-3-2-4-8-13/h2-4,7-8,14H,5-6,9-10H2,1H3. The summed E-state index contributed by atoms with van der Waals surface area (Å²) in [5, 5.41) is 8.74. The highest BCUT2D eigenvalue weighted by atomic mass is 16.1. The molecular formula is C14H17NO. The average molecular weight is 215 g/mol. The molecular weight excluding hydrogens is 198 g/mol. The van der Waals surface area contributed by atoms with Gasteiger partial charge in [-0.05, 0) is 31.7 Å². The normalized spacial score (nSPS) is 11.8. The Morgan fingerprint density at radius 1 is 1.31 bits per heavy atom. The molecule has 0 N–H and O–H groups in total. The Labute approximate surface area is 96.9 Å². The number of ketones is 1. The molecule has 0 bridgehead atoms. The lowest BCUT2D eigenvalue weighted by molar-refractivity contribution is -0.119. The molecule has 0 heterocycles. The van der Waals surface area contributed by atoms with Gasteiger partial charge >= 0.3 is 0 Å². The number of nitriles is 1. The zero-order chi connectivity index (χ0) is 11.8. The Morgan fingerprint density at radius 2 is 2.00 bits per heavy atom. The molecule has 1 aromatic rings. The summed E-state index contributed by atoms with van der Waals surface area (Å²) in [6.45, 7) is 1.49. The van der Waals surface area contributed by atoms with Crippen LogP contribution < -0.4 is 0 Å². The third-order valence-corrected chi connectivity index (χ3v) is 2.70. The number of rotatable bonds is 6. The Balaban J connectivity index is 2.22. The predicted molar refractivity (Wildman–Crippen MR) is 63.8 cm³/mol. The summed E-state index contributed by atoms with van der Waals surface area (Å²) < 4.78 is 0. The molecule has 0 spiro atoms. The molecule has 0 aliphatic rings. The quantitative estimate of drug-likeness (QED) is 0.684. The minimum absolute atomic E-state index is 0.0118. The molecule has 0 saturated carbocycles. The summed E-state index contributed by atoms with van der Waals surface area (Å²) in [5.74, 6) is -0.419. The van der Waals surface area contributed by atoms with E-state index >= 15 is 0 Å². The van der Waals surface area contributed by atoms with Gasteiger partial charge in [-0.15, -0.1) is 0 Å². The van der Waals surface area contributed by atoms with Crippen LogP contribution in [0.15, 0.2) is 30.3 Å². The number of unbranched alkanes of at least 4 members (excludes halogenated alkanes) is 1. The van der Waals surface area contributed by atoms with Gasteiger partial charge in [-0.2, -0.15) is 5.26 Å². The maximum Gasteiger partial charge on any atom is 0.146 e. The Hall–Kier alpha value is -1.62. The van der Waals surface area contributed by atoms with E-state index in [9.17, 15) is 4.79 Å². The first kappa shape index (κ1) is 12.4. The fourth-order valence-corrected chi connectivity index (χ4v) is 1.68. The number of nitrogens with zero attached hydrogens (tertiary/aromatic N) is 1. The van der Waals surface area contributed by atoms with Gasteiger partial charge in [0.15, 0.2) is 0 Å². The molecule has 1 rings (SSSR count). The monoisotopic (exact) mass is 215 g/mol. The lowest BCUT2D eigenvalue weighted by Crippen LogP contribution is -2.08. The molecule has 1 atom stereocenters. The molecule has 1 aromatic carbocycles. The lowest BCUT2D eigenvalue weighted by atomic mass is 9.98. The second-order valence-corrected chi connectivity index (χ2v) is 4.02. The van der Waals surface area contributed by atoms with Crippen LogP contribution in [0.1, 0.15) is 31.7 Å². The van der Waals surface area contributed by atoms with Crippen molar-refractivity contribution in [2.45, 2.75) is 32.6 Å². The van der Waals surface area contributed by atoms with Crippen LogP contribution in [-0.4, -0.2) is 5.78 Å². The van der Waals surface area contributed by atoms with Crippen molar-refractivity contribution >= 4 is 5.78 Å². The summed E-state index contributed by atoms with van der Waals surface area (Å²) in [5.41, 5.74) is 1.32.